The second-order valence-corrected chi connectivity index (χ2v) is 8.77. The molecule has 0 aliphatic carbocycles. The quantitative estimate of drug-likeness (QED) is 0.393. The van der Waals surface area contributed by atoms with Gasteiger partial charge in [0.1, 0.15) is 11.4 Å². The third-order valence-corrected chi connectivity index (χ3v) is 6.24. The lowest BCUT2D eigenvalue weighted by molar-refractivity contribution is 0.102. The fraction of sp³-hybridized carbons (Fsp3) is 0.0909. The van der Waals surface area contributed by atoms with Gasteiger partial charge in [-0.25, -0.2) is 8.42 Å². The predicted octanol–water partition coefficient (Wildman–Crippen LogP) is 3.84. The van der Waals surface area contributed by atoms with Crippen LogP contribution < -0.4 is 5.32 Å². The third-order valence-electron chi connectivity index (χ3n) is 4.96. The molecule has 4 aromatic rings. The van der Waals surface area contributed by atoms with E-state index in [4.69, 9.17) is 0 Å². The lowest BCUT2D eigenvalue weighted by atomic mass is 10.0. The van der Waals surface area contributed by atoms with Gasteiger partial charge in [-0.1, -0.05) is 12.1 Å². The maximum Gasteiger partial charge on any atom is 0.273 e. The number of phenolic OH excluding ortho intramolecular Hbond substituents is 1. The second-order valence-electron chi connectivity index (χ2n) is 7.16. The van der Waals surface area contributed by atoms with Gasteiger partial charge in [0.15, 0.2) is 0 Å². The fourth-order valence-corrected chi connectivity index (χ4v) is 3.89. The summed E-state index contributed by atoms with van der Waals surface area (Å²) in [6.07, 6.45) is 2.78. The number of aromatic nitrogens is 4. The molecule has 2 aromatic heterocycles. The smallest absolute Gasteiger partial charge is 0.273 e. The van der Waals surface area contributed by atoms with Crippen LogP contribution in [0.4, 0.5) is 11.6 Å². The van der Waals surface area contributed by atoms with E-state index < -0.39 is 15.9 Å². The van der Waals surface area contributed by atoms with Gasteiger partial charge in [-0.3, -0.25) is 14.6 Å². The van der Waals surface area contributed by atoms with E-state index in [2.05, 4.69) is 30.2 Å². The number of aromatic hydroxyl groups is 1. The predicted molar refractivity (Wildman–Crippen MR) is 122 cm³/mol. The minimum atomic E-state index is -4.00. The molecule has 0 unspecified atom stereocenters. The van der Waals surface area contributed by atoms with E-state index in [1.165, 1.54) is 42.7 Å². The van der Waals surface area contributed by atoms with Gasteiger partial charge >= 0.3 is 0 Å². The summed E-state index contributed by atoms with van der Waals surface area (Å²) in [6, 6.07) is 12.2. The number of sulfonamides is 1. The molecule has 10 nitrogen and oxygen atoms in total. The first kappa shape index (κ1) is 22.0. The molecule has 0 aliphatic rings. The van der Waals surface area contributed by atoms with Crippen molar-refractivity contribution >= 4 is 27.6 Å². The number of nitrogens with zero attached hydrogens (tertiary/aromatic N) is 4. The number of aromatic amines is 1. The zero-order chi connectivity index (χ0) is 23.6. The van der Waals surface area contributed by atoms with Gasteiger partial charge in [-0.15, -0.1) is 0 Å². The number of nitrogens with one attached hydrogen (secondary N) is 2. The number of hydrogen-bond acceptors (Lipinski definition) is 7. The highest BCUT2D eigenvalue weighted by atomic mass is 32.2. The molecule has 0 aliphatic heterocycles. The van der Waals surface area contributed by atoms with E-state index >= 15 is 0 Å². The number of carbonyl (C=O) groups excluding carboxylic acids is 1. The minimum absolute atomic E-state index is 0.0676. The molecule has 0 spiro atoms. The van der Waals surface area contributed by atoms with Crippen LogP contribution in [-0.4, -0.2) is 39.6 Å². The van der Waals surface area contributed by atoms with Gasteiger partial charge in [0.05, 0.1) is 10.6 Å². The van der Waals surface area contributed by atoms with Crippen LogP contribution in [0.5, 0.6) is 5.75 Å². The Kier molecular flexibility index (Phi) is 5.80. The van der Waals surface area contributed by atoms with Crippen LogP contribution in [0.1, 0.15) is 21.6 Å². The summed E-state index contributed by atoms with van der Waals surface area (Å²) in [6.45, 7) is 3.70. The van der Waals surface area contributed by atoms with E-state index in [0.29, 0.717) is 16.9 Å². The number of hydrogen-bond donors (Lipinski definition) is 3. The van der Waals surface area contributed by atoms with Crippen LogP contribution in [0, 0.1) is 13.8 Å². The van der Waals surface area contributed by atoms with Crippen molar-refractivity contribution in [2.75, 3.05) is 5.32 Å². The van der Waals surface area contributed by atoms with Crippen molar-refractivity contribution in [3.05, 3.63) is 82.5 Å². The number of phenols is 1. The van der Waals surface area contributed by atoms with Crippen LogP contribution >= 0.6 is 0 Å². The summed E-state index contributed by atoms with van der Waals surface area (Å²) >= 11 is 0. The van der Waals surface area contributed by atoms with Crippen LogP contribution in [-0.2, 0) is 10.0 Å². The van der Waals surface area contributed by atoms with Gasteiger partial charge in [-0.2, -0.15) is 5.10 Å². The summed E-state index contributed by atoms with van der Waals surface area (Å²) in [5.41, 5.74) is 3.16. The first-order valence-corrected chi connectivity index (χ1v) is 11.2. The Morgan fingerprint density at radius 1 is 1.06 bits per heavy atom. The summed E-state index contributed by atoms with van der Waals surface area (Å²) in [5.74, 6) is -0.536. The standard InChI is InChI=1S/C22H20N6O4S/c1-13-4-9-17(20(29)14(13)2)18-12-19(27-26-18)21(30)25-15-5-7-16(8-6-15)33(31,32)28-22-23-10-3-11-24-22/h3-12H,1-2H3,(H4,23,24,25,26,27,28,29,30)/p-1. The lowest BCUT2D eigenvalue weighted by Gasteiger charge is -2.12. The molecule has 0 radical (unpaired) electrons. The van der Waals surface area contributed by atoms with Gasteiger partial charge < -0.3 is 20.4 Å². The molecular formula is C22H19N6O4S-. The van der Waals surface area contributed by atoms with Crippen molar-refractivity contribution in [1.29, 1.82) is 0 Å². The van der Waals surface area contributed by atoms with E-state index in [1.54, 1.807) is 19.1 Å². The molecule has 2 aromatic carbocycles. The number of rotatable bonds is 6. The largest absolute Gasteiger partial charge is 0.507 e. The van der Waals surface area contributed by atoms with Crippen LogP contribution in [0.15, 0.2) is 65.8 Å². The summed E-state index contributed by atoms with van der Waals surface area (Å²) in [4.78, 5) is 20.1. The highest BCUT2D eigenvalue weighted by Gasteiger charge is 2.16. The van der Waals surface area contributed by atoms with Crippen LogP contribution in [0.25, 0.3) is 16.0 Å². The van der Waals surface area contributed by atoms with Crippen molar-refractivity contribution < 1.29 is 18.3 Å². The summed E-state index contributed by atoms with van der Waals surface area (Å²) < 4.78 is 28.4. The van der Waals surface area contributed by atoms with Crippen molar-refractivity contribution in [2.45, 2.75) is 18.7 Å². The molecule has 11 heteroatoms. The molecule has 3 N–H and O–H groups in total. The van der Waals surface area contributed by atoms with Gasteiger partial charge in [0.25, 0.3) is 5.91 Å². The highest BCUT2D eigenvalue weighted by Crippen LogP contribution is 2.33. The fourth-order valence-electron chi connectivity index (χ4n) is 2.99. The van der Waals surface area contributed by atoms with Crippen molar-refractivity contribution in [1.82, 2.24) is 20.2 Å². The summed E-state index contributed by atoms with van der Waals surface area (Å²) in [5, 5.41) is 19.8. The zero-order valence-electron chi connectivity index (χ0n) is 17.6. The highest BCUT2D eigenvalue weighted by molar-refractivity contribution is 7.94. The lowest BCUT2D eigenvalue weighted by Crippen LogP contribution is -2.12. The molecule has 0 bridgehead atoms. The zero-order valence-corrected chi connectivity index (χ0v) is 18.5. The number of anilines is 1. The number of benzene rings is 2. The molecule has 0 fully saturated rings. The normalized spacial score (nSPS) is 11.2. The van der Waals surface area contributed by atoms with Crippen molar-refractivity contribution in [2.24, 2.45) is 0 Å². The van der Waals surface area contributed by atoms with Gasteiger partial charge in [0, 0.05) is 17.2 Å². The molecule has 33 heavy (non-hydrogen) atoms. The molecule has 0 saturated heterocycles. The van der Waals surface area contributed by atoms with E-state index in [9.17, 15) is 18.3 Å². The maximum absolute atomic E-state index is 12.6. The Morgan fingerprint density at radius 2 is 1.76 bits per heavy atom. The van der Waals surface area contributed by atoms with Crippen molar-refractivity contribution in [3.8, 4) is 17.0 Å². The number of H-pyrrole nitrogens is 1. The molecule has 2 heterocycles. The number of amides is 1. The first-order chi connectivity index (χ1) is 15.7. The SMILES string of the molecule is Cc1ccc(-c2cc(C(=O)Nc3ccc(S(=O)(=O)[N-]c4ncccn4)cc3)[nH]n2)c(O)c1C. The van der Waals surface area contributed by atoms with Crippen molar-refractivity contribution in [3.63, 3.8) is 0 Å². The van der Waals surface area contributed by atoms with Gasteiger partial charge in [-0.05, 0) is 73.8 Å². The molecule has 0 saturated carbocycles. The Morgan fingerprint density at radius 3 is 2.45 bits per heavy atom. The monoisotopic (exact) mass is 463 g/mol. The molecule has 0 atom stereocenters. The van der Waals surface area contributed by atoms with E-state index in [0.717, 1.165) is 11.1 Å². The maximum atomic E-state index is 12.6. The topological polar surface area (TPSA) is 152 Å². The first-order valence-electron chi connectivity index (χ1n) is 9.76. The Labute approximate surface area is 189 Å². The summed E-state index contributed by atoms with van der Waals surface area (Å²) in [7, 11) is -4.00. The number of carbonyl (C=O) groups is 1. The molecular weight excluding hydrogens is 444 g/mol. The second kappa shape index (κ2) is 8.71. The Hall–Kier alpha value is -4.25. The minimum Gasteiger partial charge on any atom is -0.507 e. The molecule has 1 amide bonds. The molecule has 4 rings (SSSR count). The van der Waals surface area contributed by atoms with Crippen LogP contribution in [0.2, 0.25) is 0 Å². The van der Waals surface area contributed by atoms with Gasteiger partial charge in [0.2, 0.25) is 10.0 Å². The Balaban J connectivity index is 1.47. The van der Waals surface area contributed by atoms with E-state index in [-0.39, 0.29) is 22.3 Å². The Bertz CT molecular complexity index is 1420. The van der Waals surface area contributed by atoms with Crippen LogP contribution in [0.3, 0.4) is 0 Å². The average Bonchev–Trinajstić information content (AvgIpc) is 3.28. The van der Waals surface area contributed by atoms with E-state index in [1.807, 2.05) is 13.0 Å². The number of aryl methyl sites for hydroxylation is 1. The third kappa shape index (κ3) is 4.67. The average molecular weight is 463 g/mol. The molecule has 168 valence electrons.